The Bertz CT molecular complexity index is 974. The van der Waals surface area contributed by atoms with Crippen molar-refractivity contribution in [3.8, 4) is 16.3 Å². The molecule has 2 aromatic carbocycles. The summed E-state index contributed by atoms with van der Waals surface area (Å²) in [4.78, 5) is 18.0. The number of aryl methyl sites for hydroxylation is 1. The van der Waals surface area contributed by atoms with E-state index in [2.05, 4.69) is 10.3 Å². The van der Waals surface area contributed by atoms with E-state index in [0.717, 1.165) is 21.1 Å². The van der Waals surface area contributed by atoms with Gasteiger partial charge in [-0.1, -0.05) is 23.7 Å². The number of thiazole rings is 1. The van der Waals surface area contributed by atoms with E-state index in [1.807, 2.05) is 13.0 Å². The molecule has 1 amide bonds. The smallest absolute Gasteiger partial charge is 0.255 e. The number of nitrogens with one attached hydrogen (secondary N) is 1. The van der Waals surface area contributed by atoms with E-state index in [1.165, 1.54) is 30.6 Å². The van der Waals surface area contributed by atoms with Crippen molar-refractivity contribution in [3.63, 3.8) is 0 Å². The number of hydrogen-bond donors (Lipinski definition) is 1. The Labute approximate surface area is 166 Å². The van der Waals surface area contributed by atoms with E-state index in [-0.39, 0.29) is 11.7 Å². The summed E-state index contributed by atoms with van der Waals surface area (Å²) >= 11 is 7.48. The maximum atomic E-state index is 13.4. The Balaban J connectivity index is 1.66. The number of amides is 1. The van der Waals surface area contributed by atoms with E-state index < -0.39 is 0 Å². The molecule has 140 valence electrons. The Morgan fingerprint density at radius 1 is 1.30 bits per heavy atom. The fourth-order valence-electron chi connectivity index (χ4n) is 2.65. The lowest BCUT2D eigenvalue weighted by Gasteiger charge is -2.09. The molecule has 0 aliphatic rings. The quantitative estimate of drug-likeness (QED) is 0.636. The molecule has 0 aliphatic carbocycles. The number of nitrogens with zero attached hydrogens (tertiary/aromatic N) is 1. The van der Waals surface area contributed by atoms with Crippen LogP contribution >= 0.6 is 22.9 Å². The summed E-state index contributed by atoms with van der Waals surface area (Å²) < 4.78 is 18.6. The fraction of sp³-hybridized carbons (Fsp3) is 0.200. The highest BCUT2D eigenvalue weighted by atomic mass is 35.5. The molecule has 4 nitrogen and oxygen atoms in total. The first-order valence-corrected chi connectivity index (χ1v) is 9.51. The topological polar surface area (TPSA) is 51.2 Å². The van der Waals surface area contributed by atoms with Crippen LogP contribution in [0.15, 0.2) is 42.5 Å². The zero-order valence-corrected chi connectivity index (χ0v) is 16.5. The van der Waals surface area contributed by atoms with Gasteiger partial charge in [0.15, 0.2) is 0 Å². The van der Waals surface area contributed by atoms with Crippen LogP contribution in [0.2, 0.25) is 5.02 Å². The lowest BCUT2D eigenvalue weighted by molar-refractivity contribution is 0.0951. The molecule has 1 heterocycles. The summed E-state index contributed by atoms with van der Waals surface area (Å²) in [6.07, 6.45) is 0.632. The third-order valence-electron chi connectivity index (χ3n) is 4.01. The van der Waals surface area contributed by atoms with Gasteiger partial charge in [0.05, 0.1) is 18.4 Å². The average molecular weight is 405 g/mol. The minimum absolute atomic E-state index is 0.248. The average Bonchev–Trinajstić information content (AvgIpc) is 3.02. The number of aromatic nitrogens is 1. The number of benzene rings is 2. The van der Waals surface area contributed by atoms with Crippen LogP contribution in [0.3, 0.4) is 0 Å². The largest absolute Gasteiger partial charge is 0.496 e. The number of carbonyl (C=O) groups excluding carboxylic acids is 1. The fourth-order valence-corrected chi connectivity index (χ4v) is 3.88. The lowest BCUT2D eigenvalue weighted by Crippen LogP contribution is -2.26. The molecule has 0 fully saturated rings. The van der Waals surface area contributed by atoms with Crippen LogP contribution in [0.4, 0.5) is 4.39 Å². The first-order valence-electron chi connectivity index (χ1n) is 8.32. The highest BCUT2D eigenvalue weighted by molar-refractivity contribution is 7.15. The van der Waals surface area contributed by atoms with Crippen molar-refractivity contribution in [2.24, 2.45) is 0 Å². The Kier molecular flexibility index (Phi) is 6.08. The maximum Gasteiger partial charge on any atom is 0.255 e. The highest BCUT2D eigenvalue weighted by Gasteiger charge is 2.14. The second kappa shape index (κ2) is 8.50. The molecule has 0 unspecified atom stereocenters. The van der Waals surface area contributed by atoms with Gasteiger partial charge in [-0.3, -0.25) is 4.79 Å². The molecule has 0 aliphatic heterocycles. The Hall–Kier alpha value is -2.44. The zero-order chi connectivity index (χ0) is 19.4. The summed E-state index contributed by atoms with van der Waals surface area (Å²) in [6.45, 7) is 2.36. The first-order chi connectivity index (χ1) is 13.0. The molecule has 27 heavy (non-hydrogen) atoms. The number of ether oxygens (including phenoxy) is 1. The molecule has 7 heteroatoms. The van der Waals surface area contributed by atoms with Gasteiger partial charge in [0.1, 0.15) is 16.6 Å². The molecular formula is C20H18ClFN2O2S. The van der Waals surface area contributed by atoms with Crippen molar-refractivity contribution < 1.29 is 13.9 Å². The van der Waals surface area contributed by atoms with Gasteiger partial charge in [-0.15, -0.1) is 11.3 Å². The van der Waals surface area contributed by atoms with Crippen molar-refractivity contribution in [2.45, 2.75) is 13.3 Å². The molecule has 0 bridgehead atoms. The van der Waals surface area contributed by atoms with Crippen molar-refractivity contribution in [1.29, 1.82) is 0 Å². The molecule has 0 saturated carbocycles. The van der Waals surface area contributed by atoms with Gasteiger partial charge >= 0.3 is 0 Å². The van der Waals surface area contributed by atoms with E-state index in [1.54, 1.807) is 24.3 Å². The molecule has 1 aromatic heterocycles. The van der Waals surface area contributed by atoms with Crippen LogP contribution in [-0.4, -0.2) is 24.5 Å². The van der Waals surface area contributed by atoms with Crippen LogP contribution < -0.4 is 10.1 Å². The molecule has 0 saturated heterocycles. The van der Waals surface area contributed by atoms with Gasteiger partial charge in [0.2, 0.25) is 0 Å². The number of methoxy groups -OCH3 is 1. The van der Waals surface area contributed by atoms with Crippen molar-refractivity contribution >= 4 is 28.8 Å². The van der Waals surface area contributed by atoms with Crippen LogP contribution in [-0.2, 0) is 6.42 Å². The number of halogens is 2. The van der Waals surface area contributed by atoms with Crippen molar-refractivity contribution in [1.82, 2.24) is 10.3 Å². The summed E-state index contributed by atoms with van der Waals surface area (Å²) in [6, 6.07) is 11.3. The predicted octanol–water partition coefficient (Wildman–Crippen LogP) is 4.89. The minimum Gasteiger partial charge on any atom is -0.496 e. The van der Waals surface area contributed by atoms with Gasteiger partial charge in [-0.2, -0.15) is 0 Å². The van der Waals surface area contributed by atoms with Crippen LogP contribution in [0.25, 0.3) is 10.6 Å². The zero-order valence-electron chi connectivity index (χ0n) is 14.9. The number of rotatable bonds is 6. The van der Waals surface area contributed by atoms with Crippen molar-refractivity contribution in [3.05, 3.63) is 69.4 Å². The summed E-state index contributed by atoms with van der Waals surface area (Å²) in [5.41, 5.74) is 2.03. The van der Waals surface area contributed by atoms with Crippen LogP contribution in [0, 0.1) is 12.7 Å². The number of carbonyl (C=O) groups is 1. The summed E-state index contributed by atoms with van der Waals surface area (Å²) in [7, 11) is 1.51. The molecule has 0 atom stereocenters. The molecular weight excluding hydrogens is 387 g/mol. The van der Waals surface area contributed by atoms with Gasteiger partial charge in [-0.05, 0) is 37.3 Å². The van der Waals surface area contributed by atoms with Crippen molar-refractivity contribution in [2.75, 3.05) is 13.7 Å². The van der Waals surface area contributed by atoms with Gasteiger partial charge in [0, 0.05) is 28.4 Å². The van der Waals surface area contributed by atoms with E-state index >= 15 is 0 Å². The molecule has 0 spiro atoms. The molecule has 3 rings (SSSR count). The standard InChI is InChI=1S/C20H18ClFN2O2S/c1-12-18(27-20(24-12)13-4-3-5-15(22)10-13)8-9-23-19(25)16-11-14(21)6-7-17(16)26-2/h3-7,10-11H,8-9H2,1-2H3,(H,23,25). The number of hydrogen-bond acceptors (Lipinski definition) is 4. The summed E-state index contributed by atoms with van der Waals surface area (Å²) in [5.74, 6) is -0.0641. The van der Waals surface area contributed by atoms with Gasteiger partial charge in [-0.25, -0.2) is 9.37 Å². The SMILES string of the molecule is COc1ccc(Cl)cc1C(=O)NCCc1sc(-c2cccc(F)c2)nc1C. The highest BCUT2D eigenvalue weighted by Crippen LogP contribution is 2.28. The first kappa shape index (κ1) is 19.3. The van der Waals surface area contributed by atoms with E-state index in [9.17, 15) is 9.18 Å². The van der Waals surface area contributed by atoms with Gasteiger partial charge in [0.25, 0.3) is 5.91 Å². The van der Waals surface area contributed by atoms with E-state index in [4.69, 9.17) is 16.3 Å². The molecule has 3 aromatic rings. The Morgan fingerprint density at radius 3 is 2.85 bits per heavy atom. The molecule has 1 N–H and O–H groups in total. The predicted molar refractivity (Wildman–Crippen MR) is 106 cm³/mol. The third-order valence-corrected chi connectivity index (χ3v) is 5.51. The second-order valence-electron chi connectivity index (χ2n) is 5.89. The maximum absolute atomic E-state index is 13.4. The minimum atomic E-state index is -0.287. The van der Waals surface area contributed by atoms with Crippen LogP contribution in [0.1, 0.15) is 20.9 Å². The lowest BCUT2D eigenvalue weighted by atomic mass is 10.2. The molecule has 0 radical (unpaired) electrons. The monoisotopic (exact) mass is 404 g/mol. The van der Waals surface area contributed by atoms with Gasteiger partial charge < -0.3 is 10.1 Å². The van der Waals surface area contributed by atoms with E-state index in [0.29, 0.717) is 29.3 Å². The third kappa shape index (κ3) is 4.64. The second-order valence-corrected chi connectivity index (χ2v) is 7.41. The Morgan fingerprint density at radius 2 is 2.11 bits per heavy atom. The van der Waals surface area contributed by atoms with Crippen LogP contribution in [0.5, 0.6) is 5.75 Å². The normalized spacial score (nSPS) is 10.7. The summed E-state index contributed by atoms with van der Waals surface area (Å²) in [5, 5.41) is 4.12.